The monoisotopic (exact) mass is 389 g/mol. The van der Waals surface area contributed by atoms with Gasteiger partial charge in [0.2, 0.25) is 0 Å². The van der Waals surface area contributed by atoms with Crippen LogP contribution in [0.3, 0.4) is 0 Å². The van der Waals surface area contributed by atoms with Gasteiger partial charge >= 0.3 is 0 Å². The van der Waals surface area contributed by atoms with Crippen LogP contribution in [0.2, 0.25) is 0 Å². The minimum absolute atomic E-state index is 0.00428. The molecule has 0 aliphatic carbocycles. The van der Waals surface area contributed by atoms with Gasteiger partial charge in [-0.3, -0.25) is 9.78 Å². The van der Waals surface area contributed by atoms with E-state index in [0.29, 0.717) is 20.9 Å². The molecule has 1 fully saturated rings. The fourth-order valence-electron chi connectivity index (χ4n) is 3.74. The first-order valence-corrected chi connectivity index (χ1v) is 10.2. The fourth-order valence-corrected chi connectivity index (χ4v) is 4.76. The topological polar surface area (TPSA) is 85.0 Å². The van der Waals surface area contributed by atoms with Gasteiger partial charge in [-0.25, -0.2) is 9.97 Å². The van der Waals surface area contributed by atoms with Crippen molar-refractivity contribution in [3.63, 3.8) is 0 Å². The molecule has 5 rings (SSSR count). The van der Waals surface area contributed by atoms with Gasteiger partial charge in [0.15, 0.2) is 0 Å². The van der Waals surface area contributed by atoms with Crippen LogP contribution in [0.1, 0.15) is 28.9 Å². The van der Waals surface area contributed by atoms with Crippen molar-refractivity contribution in [3.05, 3.63) is 47.7 Å². The highest BCUT2D eigenvalue weighted by Crippen LogP contribution is 2.35. The van der Waals surface area contributed by atoms with Gasteiger partial charge < -0.3 is 10.6 Å². The third kappa shape index (κ3) is 2.79. The first kappa shape index (κ1) is 17.1. The number of hydrogen-bond donors (Lipinski definition) is 1. The number of nitrogens with two attached hydrogens (primary N) is 1. The first-order chi connectivity index (χ1) is 13.7. The van der Waals surface area contributed by atoms with Gasteiger partial charge in [-0.05, 0) is 24.6 Å². The van der Waals surface area contributed by atoms with Crippen molar-refractivity contribution in [2.75, 3.05) is 18.8 Å². The summed E-state index contributed by atoms with van der Waals surface area (Å²) in [6.45, 7) is 1.58. The normalized spacial score (nSPS) is 14.6. The molecule has 4 aromatic rings. The number of aromatic nitrogens is 3. The Kier molecular flexibility index (Phi) is 4.16. The number of rotatable bonds is 2. The zero-order chi connectivity index (χ0) is 19.1. The maximum Gasteiger partial charge on any atom is 0.266 e. The van der Waals surface area contributed by atoms with Gasteiger partial charge in [0.25, 0.3) is 5.91 Å². The fraction of sp³-hybridized carbons (Fsp3) is 0.238. The van der Waals surface area contributed by atoms with Gasteiger partial charge in [0.05, 0.1) is 17.6 Å². The highest BCUT2D eigenvalue weighted by atomic mass is 32.1. The van der Waals surface area contributed by atoms with Crippen molar-refractivity contribution in [1.29, 1.82) is 0 Å². The van der Waals surface area contributed by atoms with E-state index in [1.165, 1.54) is 17.8 Å². The minimum Gasteiger partial charge on any atom is -0.396 e. The molecule has 2 N–H and O–H groups in total. The zero-order valence-electron chi connectivity index (χ0n) is 15.3. The molecule has 6 nitrogen and oxygen atoms in total. The van der Waals surface area contributed by atoms with Crippen molar-refractivity contribution in [2.45, 2.75) is 19.3 Å². The van der Waals surface area contributed by atoms with E-state index in [0.717, 1.165) is 48.0 Å². The number of carbonyl (C=O) groups excluding carboxylic acids is 1. The molecular weight excluding hydrogens is 370 g/mol. The molecule has 0 spiro atoms. The summed E-state index contributed by atoms with van der Waals surface area (Å²) in [5.41, 5.74) is 8.96. The van der Waals surface area contributed by atoms with Crippen molar-refractivity contribution >= 4 is 44.1 Å². The van der Waals surface area contributed by atoms with Crippen LogP contribution in [0.5, 0.6) is 0 Å². The van der Waals surface area contributed by atoms with Gasteiger partial charge in [0.1, 0.15) is 15.2 Å². The summed E-state index contributed by atoms with van der Waals surface area (Å²) >= 11 is 1.33. The van der Waals surface area contributed by atoms with Gasteiger partial charge in [0, 0.05) is 36.4 Å². The summed E-state index contributed by atoms with van der Waals surface area (Å²) in [7, 11) is 0. The maximum atomic E-state index is 12.9. The Balaban J connectivity index is 1.59. The number of nitrogens with zero attached hydrogens (tertiary/aromatic N) is 4. The molecule has 0 radical (unpaired) electrons. The Labute approximate surface area is 166 Å². The number of carbonyl (C=O) groups is 1. The average Bonchev–Trinajstić information content (AvgIpc) is 3.09. The third-order valence-corrected chi connectivity index (χ3v) is 6.30. The number of piperidine rings is 1. The Morgan fingerprint density at radius 2 is 1.89 bits per heavy atom. The predicted octanol–water partition coefficient (Wildman–Crippen LogP) is 4.11. The summed E-state index contributed by atoms with van der Waals surface area (Å²) in [6, 6.07) is 8.06. The van der Waals surface area contributed by atoms with Crippen molar-refractivity contribution in [1.82, 2.24) is 19.9 Å². The quantitative estimate of drug-likeness (QED) is 0.557. The molecule has 0 atom stereocenters. The second-order valence-electron chi connectivity index (χ2n) is 7.01. The number of anilines is 1. The van der Waals surface area contributed by atoms with Gasteiger partial charge in [-0.2, -0.15) is 0 Å². The molecule has 1 amide bonds. The molecule has 28 heavy (non-hydrogen) atoms. The average molecular weight is 389 g/mol. The van der Waals surface area contributed by atoms with Crippen LogP contribution in [0.25, 0.3) is 32.4 Å². The first-order valence-electron chi connectivity index (χ1n) is 9.40. The molecule has 7 heteroatoms. The number of thiophene rings is 1. The van der Waals surface area contributed by atoms with E-state index in [1.54, 1.807) is 12.4 Å². The third-order valence-electron chi connectivity index (χ3n) is 5.22. The lowest BCUT2D eigenvalue weighted by molar-refractivity contribution is 0.0730. The van der Waals surface area contributed by atoms with E-state index >= 15 is 0 Å². The Morgan fingerprint density at radius 1 is 1.07 bits per heavy atom. The standard InChI is InChI=1S/C21H19N5OS/c22-17-18-20(28-19(17)21(27)26-8-4-1-5-9-26)25-16(12-24-18)15-11-23-10-13-6-2-3-7-14(13)15/h2-3,6-7,10-12H,1,4-5,8-9,22H2. The van der Waals surface area contributed by atoms with Crippen LogP contribution in [0, 0.1) is 0 Å². The van der Waals surface area contributed by atoms with Crippen molar-refractivity contribution in [3.8, 4) is 11.3 Å². The molecule has 1 aliphatic rings. The van der Waals surface area contributed by atoms with Crippen LogP contribution in [-0.4, -0.2) is 38.8 Å². The summed E-state index contributed by atoms with van der Waals surface area (Å²) in [6.07, 6.45) is 8.62. The SMILES string of the molecule is Nc1c(C(=O)N2CCCCC2)sc2nc(-c3cncc4ccccc34)cnc12. The van der Waals surface area contributed by atoms with E-state index in [9.17, 15) is 4.79 Å². The molecule has 3 aromatic heterocycles. The number of amides is 1. The molecule has 0 bridgehead atoms. The lowest BCUT2D eigenvalue weighted by atomic mass is 10.1. The molecule has 1 aromatic carbocycles. The van der Waals surface area contributed by atoms with Crippen LogP contribution in [0.15, 0.2) is 42.9 Å². The minimum atomic E-state index is -0.00428. The Hall–Kier alpha value is -3.06. The summed E-state index contributed by atoms with van der Waals surface area (Å²) < 4.78 is 0. The highest BCUT2D eigenvalue weighted by Gasteiger charge is 2.24. The largest absolute Gasteiger partial charge is 0.396 e. The van der Waals surface area contributed by atoms with Crippen molar-refractivity contribution < 1.29 is 4.79 Å². The number of benzene rings is 1. The summed E-state index contributed by atoms with van der Waals surface area (Å²) in [5.74, 6) is -0.00428. The van der Waals surface area contributed by atoms with E-state index in [-0.39, 0.29) is 5.91 Å². The van der Waals surface area contributed by atoms with E-state index < -0.39 is 0 Å². The number of fused-ring (bicyclic) bond motifs is 2. The summed E-state index contributed by atoms with van der Waals surface area (Å²) in [5, 5.41) is 2.12. The molecule has 4 heterocycles. The Bertz CT molecular complexity index is 1190. The molecule has 0 unspecified atom stereocenters. The molecular formula is C21H19N5OS. The number of likely N-dealkylation sites (tertiary alicyclic amines) is 1. The predicted molar refractivity (Wildman–Crippen MR) is 112 cm³/mol. The second kappa shape index (κ2) is 6.83. The van der Waals surface area contributed by atoms with E-state index in [1.807, 2.05) is 35.4 Å². The number of pyridine rings is 1. The van der Waals surface area contributed by atoms with Crippen LogP contribution < -0.4 is 5.73 Å². The molecule has 140 valence electrons. The molecule has 1 saturated heterocycles. The maximum absolute atomic E-state index is 12.9. The van der Waals surface area contributed by atoms with Gasteiger partial charge in [-0.15, -0.1) is 11.3 Å². The molecule has 0 saturated carbocycles. The van der Waals surface area contributed by atoms with Crippen LogP contribution >= 0.6 is 11.3 Å². The second-order valence-corrected chi connectivity index (χ2v) is 8.01. The zero-order valence-corrected chi connectivity index (χ0v) is 16.1. The lowest BCUT2D eigenvalue weighted by Gasteiger charge is -2.26. The Morgan fingerprint density at radius 3 is 2.75 bits per heavy atom. The van der Waals surface area contributed by atoms with Crippen molar-refractivity contribution in [2.24, 2.45) is 0 Å². The smallest absolute Gasteiger partial charge is 0.266 e. The van der Waals surface area contributed by atoms with Crippen LogP contribution in [0.4, 0.5) is 5.69 Å². The van der Waals surface area contributed by atoms with Crippen LogP contribution in [-0.2, 0) is 0 Å². The van der Waals surface area contributed by atoms with E-state index in [4.69, 9.17) is 10.7 Å². The number of nitrogen functional groups attached to an aromatic ring is 1. The van der Waals surface area contributed by atoms with Gasteiger partial charge in [-0.1, -0.05) is 24.3 Å². The lowest BCUT2D eigenvalue weighted by Crippen LogP contribution is -2.35. The molecule has 1 aliphatic heterocycles. The highest BCUT2D eigenvalue weighted by molar-refractivity contribution is 7.21. The number of hydrogen-bond acceptors (Lipinski definition) is 6. The van der Waals surface area contributed by atoms with E-state index in [2.05, 4.69) is 9.97 Å². The summed E-state index contributed by atoms with van der Waals surface area (Å²) in [4.78, 5) is 29.7.